The lowest BCUT2D eigenvalue weighted by molar-refractivity contribution is 0.0729. The lowest BCUT2D eigenvalue weighted by Gasteiger charge is -2.10. The van der Waals surface area contributed by atoms with Crippen LogP contribution in [0.1, 0.15) is 10.4 Å². The first kappa shape index (κ1) is 13.0. The molecule has 0 heterocycles. The van der Waals surface area contributed by atoms with Crippen molar-refractivity contribution in [2.24, 2.45) is 0 Å². The Bertz CT molecular complexity index is 564. The van der Waals surface area contributed by atoms with Crippen LogP contribution in [0.2, 0.25) is 0 Å². The maximum atomic E-state index is 11.9. The van der Waals surface area contributed by atoms with Crippen molar-refractivity contribution in [3.63, 3.8) is 0 Å². The highest BCUT2D eigenvalue weighted by Crippen LogP contribution is 2.31. The summed E-state index contributed by atoms with van der Waals surface area (Å²) in [6.45, 7) is 0. The number of carbonyl (C=O) groups excluding carboxylic acids is 1. The van der Waals surface area contributed by atoms with Gasteiger partial charge >= 0.3 is 5.97 Å². The number of benzene rings is 2. The first-order chi connectivity index (χ1) is 9.24. The van der Waals surface area contributed by atoms with E-state index in [1.807, 2.05) is 6.07 Å². The summed E-state index contributed by atoms with van der Waals surface area (Å²) < 4.78 is 15.6. The van der Waals surface area contributed by atoms with Gasteiger partial charge < -0.3 is 14.2 Å². The van der Waals surface area contributed by atoms with Gasteiger partial charge in [0.1, 0.15) is 5.75 Å². The van der Waals surface area contributed by atoms with Crippen LogP contribution in [0.15, 0.2) is 48.5 Å². The quantitative estimate of drug-likeness (QED) is 0.624. The molecular formula is C15H14O4. The molecule has 4 nitrogen and oxygen atoms in total. The molecule has 2 aromatic rings. The number of rotatable bonds is 4. The van der Waals surface area contributed by atoms with Crippen LogP contribution < -0.4 is 14.2 Å². The van der Waals surface area contributed by atoms with Crippen molar-refractivity contribution >= 4 is 5.97 Å². The third-order valence-electron chi connectivity index (χ3n) is 2.58. The van der Waals surface area contributed by atoms with Gasteiger partial charge in [-0.15, -0.1) is 0 Å². The third kappa shape index (κ3) is 3.04. The van der Waals surface area contributed by atoms with E-state index in [-0.39, 0.29) is 0 Å². The van der Waals surface area contributed by atoms with E-state index in [1.54, 1.807) is 49.6 Å². The van der Waals surface area contributed by atoms with E-state index in [0.29, 0.717) is 22.8 Å². The lowest BCUT2D eigenvalue weighted by atomic mass is 10.2. The normalized spacial score (nSPS) is 9.79. The van der Waals surface area contributed by atoms with Crippen LogP contribution in [0.5, 0.6) is 17.2 Å². The lowest BCUT2D eigenvalue weighted by Crippen LogP contribution is -2.09. The van der Waals surface area contributed by atoms with Crippen LogP contribution in [-0.2, 0) is 0 Å². The SMILES string of the molecule is COc1ccc(OC(=O)c2ccccc2)c(OC)c1. The fourth-order valence-corrected chi connectivity index (χ4v) is 1.59. The van der Waals surface area contributed by atoms with Gasteiger partial charge in [-0.05, 0) is 24.3 Å². The van der Waals surface area contributed by atoms with Crippen molar-refractivity contribution < 1.29 is 19.0 Å². The van der Waals surface area contributed by atoms with Gasteiger partial charge in [0.25, 0.3) is 0 Å². The Morgan fingerprint density at radius 3 is 2.26 bits per heavy atom. The Labute approximate surface area is 111 Å². The minimum absolute atomic E-state index is 0.358. The summed E-state index contributed by atoms with van der Waals surface area (Å²) in [4.78, 5) is 11.9. The van der Waals surface area contributed by atoms with Crippen molar-refractivity contribution in [2.45, 2.75) is 0 Å². The van der Waals surface area contributed by atoms with Crippen molar-refractivity contribution in [3.05, 3.63) is 54.1 Å². The predicted octanol–water partition coefficient (Wildman–Crippen LogP) is 2.92. The van der Waals surface area contributed by atoms with Crippen molar-refractivity contribution in [3.8, 4) is 17.2 Å². The molecule has 2 aromatic carbocycles. The zero-order chi connectivity index (χ0) is 13.7. The average Bonchev–Trinajstić information content (AvgIpc) is 2.48. The molecule has 0 bridgehead atoms. The standard InChI is InChI=1S/C15H14O4/c1-17-12-8-9-13(14(10-12)18-2)19-15(16)11-6-4-3-5-7-11/h3-10H,1-2H3. The summed E-state index contributed by atoms with van der Waals surface area (Å²) in [6, 6.07) is 13.8. The van der Waals surface area contributed by atoms with Gasteiger partial charge in [-0.2, -0.15) is 0 Å². The van der Waals surface area contributed by atoms with Crippen LogP contribution in [-0.4, -0.2) is 20.2 Å². The number of hydrogen-bond donors (Lipinski definition) is 0. The summed E-state index contributed by atoms with van der Waals surface area (Å²) in [7, 11) is 3.07. The maximum absolute atomic E-state index is 11.9. The molecule has 98 valence electrons. The second kappa shape index (κ2) is 5.91. The van der Waals surface area contributed by atoms with Crippen molar-refractivity contribution in [2.75, 3.05) is 14.2 Å². The van der Waals surface area contributed by atoms with Gasteiger partial charge in [0, 0.05) is 6.07 Å². The van der Waals surface area contributed by atoms with Crippen LogP contribution >= 0.6 is 0 Å². The smallest absolute Gasteiger partial charge is 0.343 e. The van der Waals surface area contributed by atoms with E-state index in [0.717, 1.165) is 0 Å². The number of esters is 1. The summed E-state index contributed by atoms with van der Waals surface area (Å²) in [6.07, 6.45) is 0. The van der Waals surface area contributed by atoms with E-state index in [4.69, 9.17) is 14.2 Å². The molecule has 0 saturated heterocycles. The van der Waals surface area contributed by atoms with E-state index in [9.17, 15) is 4.79 Å². The fraction of sp³-hybridized carbons (Fsp3) is 0.133. The summed E-state index contributed by atoms with van der Waals surface area (Å²) in [5.74, 6) is 1.02. The van der Waals surface area contributed by atoms with Gasteiger partial charge in [0.05, 0.1) is 19.8 Å². The van der Waals surface area contributed by atoms with Gasteiger partial charge in [0.2, 0.25) is 0 Å². The molecule has 0 fully saturated rings. The average molecular weight is 258 g/mol. The molecule has 0 spiro atoms. The van der Waals surface area contributed by atoms with E-state index >= 15 is 0 Å². The van der Waals surface area contributed by atoms with Crippen molar-refractivity contribution in [1.29, 1.82) is 0 Å². The highest BCUT2D eigenvalue weighted by molar-refractivity contribution is 5.91. The Balaban J connectivity index is 2.21. The van der Waals surface area contributed by atoms with Crippen LogP contribution in [0, 0.1) is 0 Å². The minimum atomic E-state index is -0.427. The van der Waals surface area contributed by atoms with Crippen LogP contribution in [0.25, 0.3) is 0 Å². The fourth-order valence-electron chi connectivity index (χ4n) is 1.59. The molecule has 0 aliphatic heterocycles. The Morgan fingerprint density at radius 2 is 1.63 bits per heavy atom. The molecule has 0 saturated carbocycles. The predicted molar refractivity (Wildman–Crippen MR) is 70.9 cm³/mol. The Kier molecular flexibility index (Phi) is 4.03. The Hall–Kier alpha value is -2.49. The molecule has 0 radical (unpaired) electrons. The maximum Gasteiger partial charge on any atom is 0.343 e. The number of ether oxygens (including phenoxy) is 3. The number of methoxy groups -OCH3 is 2. The van der Waals surface area contributed by atoms with E-state index in [2.05, 4.69) is 0 Å². The molecule has 2 rings (SSSR count). The summed E-state index contributed by atoms with van der Waals surface area (Å²) in [5, 5.41) is 0. The first-order valence-corrected chi connectivity index (χ1v) is 5.74. The van der Waals surface area contributed by atoms with Crippen molar-refractivity contribution in [1.82, 2.24) is 0 Å². The van der Waals surface area contributed by atoms with E-state index in [1.165, 1.54) is 7.11 Å². The number of carbonyl (C=O) groups is 1. The molecule has 0 N–H and O–H groups in total. The van der Waals surface area contributed by atoms with Gasteiger partial charge in [0.15, 0.2) is 11.5 Å². The number of hydrogen-bond acceptors (Lipinski definition) is 4. The minimum Gasteiger partial charge on any atom is -0.497 e. The highest BCUT2D eigenvalue weighted by atomic mass is 16.6. The monoisotopic (exact) mass is 258 g/mol. The largest absolute Gasteiger partial charge is 0.497 e. The van der Waals surface area contributed by atoms with Gasteiger partial charge in [-0.1, -0.05) is 18.2 Å². The molecule has 4 heteroatoms. The molecule has 19 heavy (non-hydrogen) atoms. The van der Waals surface area contributed by atoms with Crippen LogP contribution in [0.4, 0.5) is 0 Å². The first-order valence-electron chi connectivity index (χ1n) is 5.74. The second-order valence-electron chi connectivity index (χ2n) is 3.77. The third-order valence-corrected chi connectivity index (χ3v) is 2.58. The zero-order valence-corrected chi connectivity index (χ0v) is 10.8. The van der Waals surface area contributed by atoms with Gasteiger partial charge in [-0.25, -0.2) is 4.79 Å². The summed E-state index contributed by atoms with van der Waals surface area (Å²) in [5.41, 5.74) is 0.486. The topological polar surface area (TPSA) is 44.8 Å². The Morgan fingerprint density at radius 1 is 0.895 bits per heavy atom. The van der Waals surface area contributed by atoms with Crippen LogP contribution in [0.3, 0.4) is 0 Å². The van der Waals surface area contributed by atoms with E-state index < -0.39 is 5.97 Å². The molecule has 0 atom stereocenters. The molecular weight excluding hydrogens is 244 g/mol. The summed E-state index contributed by atoms with van der Waals surface area (Å²) >= 11 is 0. The molecule has 0 amide bonds. The molecule has 0 unspecified atom stereocenters. The molecule has 0 aliphatic carbocycles. The highest BCUT2D eigenvalue weighted by Gasteiger charge is 2.12. The van der Waals surface area contributed by atoms with Gasteiger partial charge in [-0.3, -0.25) is 0 Å². The zero-order valence-electron chi connectivity index (χ0n) is 10.8. The molecule has 0 aliphatic rings. The molecule has 0 aromatic heterocycles. The second-order valence-corrected chi connectivity index (χ2v) is 3.77.